The zero-order valence-corrected chi connectivity index (χ0v) is 14.2. The van der Waals surface area contributed by atoms with Gasteiger partial charge in [0.15, 0.2) is 0 Å². The van der Waals surface area contributed by atoms with E-state index < -0.39 is 0 Å². The Bertz CT molecular complexity index is 1090. The number of rotatable bonds is 4. The molecule has 3 N–H and O–H groups in total. The molecule has 4 aromatic rings. The first-order valence-electron chi connectivity index (χ1n) is 8.23. The summed E-state index contributed by atoms with van der Waals surface area (Å²) in [4.78, 5) is 15.4. The second-order valence-electron chi connectivity index (χ2n) is 6.02. The summed E-state index contributed by atoms with van der Waals surface area (Å²) >= 11 is 0. The van der Waals surface area contributed by atoms with Crippen molar-refractivity contribution < 1.29 is 4.79 Å². The van der Waals surface area contributed by atoms with Crippen molar-refractivity contribution in [1.82, 2.24) is 20.6 Å². The molecule has 4 rings (SSSR count). The summed E-state index contributed by atoms with van der Waals surface area (Å²) in [5.41, 5.74) is 7.66. The van der Waals surface area contributed by atoms with Crippen LogP contribution in [0.25, 0.3) is 22.2 Å². The van der Waals surface area contributed by atoms with E-state index in [9.17, 15) is 4.79 Å². The molecule has 26 heavy (non-hydrogen) atoms. The van der Waals surface area contributed by atoms with Crippen molar-refractivity contribution in [2.24, 2.45) is 5.10 Å². The van der Waals surface area contributed by atoms with Crippen molar-refractivity contribution in [3.8, 4) is 11.3 Å². The number of nitrogens with one attached hydrogen (secondary N) is 3. The number of amides is 1. The third-order valence-corrected chi connectivity index (χ3v) is 4.16. The molecule has 0 aliphatic carbocycles. The van der Waals surface area contributed by atoms with Gasteiger partial charge in [-0.25, -0.2) is 5.43 Å². The quantitative estimate of drug-likeness (QED) is 0.390. The third-order valence-electron chi connectivity index (χ3n) is 4.16. The summed E-state index contributed by atoms with van der Waals surface area (Å²) in [5.74, 6) is -0.341. The van der Waals surface area contributed by atoms with Crippen LogP contribution in [0.4, 0.5) is 0 Å². The molecule has 0 saturated carbocycles. The van der Waals surface area contributed by atoms with Gasteiger partial charge in [-0.05, 0) is 19.1 Å². The highest BCUT2D eigenvalue weighted by molar-refractivity contribution is 6.00. The van der Waals surface area contributed by atoms with E-state index >= 15 is 0 Å². The predicted octanol–water partition coefficient (Wildman–Crippen LogP) is 3.63. The van der Waals surface area contributed by atoms with Gasteiger partial charge in [0.05, 0.1) is 11.9 Å². The Morgan fingerprint density at radius 3 is 2.81 bits per heavy atom. The van der Waals surface area contributed by atoms with E-state index in [1.165, 1.54) is 5.56 Å². The molecule has 0 radical (unpaired) electrons. The largest absolute Gasteiger partial charge is 0.361 e. The van der Waals surface area contributed by atoms with Crippen LogP contribution in [0.3, 0.4) is 0 Å². The number of fused-ring (bicyclic) bond motifs is 1. The Labute approximate surface area is 150 Å². The average Bonchev–Trinajstić information content (AvgIpc) is 3.30. The summed E-state index contributed by atoms with van der Waals surface area (Å²) in [6, 6.07) is 17.6. The Morgan fingerprint density at radius 2 is 1.96 bits per heavy atom. The molecule has 2 heterocycles. The number of hydrogen-bond donors (Lipinski definition) is 3. The smallest absolute Gasteiger partial charge is 0.289 e. The second-order valence-corrected chi connectivity index (χ2v) is 6.02. The van der Waals surface area contributed by atoms with Gasteiger partial charge < -0.3 is 4.98 Å². The van der Waals surface area contributed by atoms with Crippen LogP contribution >= 0.6 is 0 Å². The number of hydrazone groups is 1. The molecule has 0 spiro atoms. The molecule has 2 aromatic carbocycles. The van der Waals surface area contributed by atoms with Crippen molar-refractivity contribution in [3.63, 3.8) is 0 Å². The molecular weight excluding hydrogens is 326 g/mol. The monoisotopic (exact) mass is 343 g/mol. The molecule has 0 saturated heterocycles. The van der Waals surface area contributed by atoms with Crippen LogP contribution in [0.1, 0.15) is 21.6 Å². The minimum atomic E-state index is -0.341. The van der Waals surface area contributed by atoms with Gasteiger partial charge in [-0.15, -0.1) is 0 Å². The second kappa shape index (κ2) is 6.68. The summed E-state index contributed by atoms with van der Waals surface area (Å²) in [7, 11) is 0. The van der Waals surface area contributed by atoms with E-state index in [0.717, 1.165) is 27.7 Å². The molecular formula is C20H17N5O. The van der Waals surface area contributed by atoms with Gasteiger partial charge >= 0.3 is 0 Å². The molecule has 0 fully saturated rings. The third kappa shape index (κ3) is 3.12. The maximum absolute atomic E-state index is 12.2. The number of para-hydroxylation sites is 1. The van der Waals surface area contributed by atoms with Gasteiger partial charge in [-0.2, -0.15) is 10.2 Å². The lowest BCUT2D eigenvalue weighted by Crippen LogP contribution is -2.17. The maximum atomic E-state index is 12.2. The Kier molecular flexibility index (Phi) is 4.07. The van der Waals surface area contributed by atoms with Crippen molar-refractivity contribution >= 4 is 23.0 Å². The standard InChI is InChI=1S/C20H17N5O/c1-13-6-8-14(9-7-13)18-10-19(24-23-18)20(26)25-22-12-15-11-21-17-5-3-2-4-16(15)17/h2-12,21H,1H3,(H,23,24)(H,25,26)/b22-12-. The lowest BCUT2D eigenvalue weighted by molar-refractivity contribution is 0.0950. The predicted molar refractivity (Wildman–Crippen MR) is 102 cm³/mol. The van der Waals surface area contributed by atoms with Crippen LogP contribution in [0.5, 0.6) is 0 Å². The normalized spacial score (nSPS) is 11.3. The first-order chi connectivity index (χ1) is 12.7. The molecule has 128 valence electrons. The lowest BCUT2D eigenvalue weighted by Gasteiger charge is -1.96. The molecule has 6 nitrogen and oxygen atoms in total. The molecule has 2 aromatic heterocycles. The first-order valence-corrected chi connectivity index (χ1v) is 8.23. The Morgan fingerprint density at radius 1 is 1.15 bits per heavy atom. The highest BCUT2D eigenvalue weighted by atomic mass is 16.2. The van der Waals surface area contributed by atoms with Crippen LogP contribution in [-0.4, -0.2) is 27.3 Å². The van der Waals surface area contributed by atoms with E-state index in [-0.39, 0.29) is 5.91 Å². The molecule has 0 aliphatic heterocycles. The zero-order valence-electron chi connectivity index (χ0n) is 14.2. The van der Waals surface area contributed by atoms with Gasteiger partial charge in [0, 0.05) is 28.2 Å². The lowest BCUT2D eigenvalue weighted by atomic mass is 10.1. The summed E-state index contributed by atoms with van der Waals surface area (Å²) in [6.45, 7) is 2.03. The zero-order chi connectivity index (χ0) is 17.9. The van der Waals surface area contributed by atoms with Gasteiger partial charge in [0.1, 0.15) is 5.69 Å². The highest BCUT2D eigenvalue weighted by Crippen LogP contribution is 2.18. The van der Waals surface area contributed by atoms with Crippen LogP contribution in [0, 0.1) is 6.92 Å². The minimum absolute atomic E-state index is 0.341. The van der Waals surface area contributed by atoms with Crippen molar-refractivity contribution in [2.75, 3.05) is 0 Å². The topological polar surface area (TPSA) is 85.9 Å². The van der Waals surface area contributed by atoms with Crippen molar-refractivity contribution in [3.05, 3.63) is 77.6 Å². The minimum Gasteiger partial charge on any atom is -0.361 e. The van der Waals surface area contributed by atoms with Crippen molar-refractivity contribution in [2.45, 2.75) is 6.92 Å². The molecule has 0 aliphatic rings. The average molecular weight is 343 g/mol. The summed E-state index contributed by atoms with van der Waals surface area (Å²) < 4.78 is 0. The van der Waals surface area contributed by atoms with Gasteiger partial charge in [-0.1, -0.05) is 48.0 Å². The fraction of sp³-hybridized carbons (Fsp3) is 0.0500. The van der Waals surface area contributed by atoms with E-state index in [2.05, 4.69) is 25.7 Å². The number of benzene rings is 2. The fourth-order valence-electron chi connectivity index (χ4n) is 2.73. The highest BCUT2D eigenvalue weighted by Gasteiger charge is 2.10. The number of aromatic nitrogens is 3. The Hall–Kier alpha value is -3.67. The van der Waals surface area contributed by atoms with Crippen LogP contribution < -0.4 is 5.43 Å². The number of aromatic amines is 2. The molecule has 0 bridgehead atoms. The number of carbonyl (C=O) groups excluding carboxylic acids is 1. The van der Waals surface area contributed by atoms with Crippen LogP contribution in [0.2, 0.25) is 0 Å². The Balaban J connectivity index is 1.46. The number of aryl methyl sites for hydroxylation is 1. The molecule has 1 amide bonds. The van der Waals surface area contributed by atoms with E-state index in [4.69, 9.17) is 0 Å². The first kappa shape index (κ1) is 15.8. The van der Waals surface area contributed by atoms with Crippen LogP contribution in [0.15, 0.2) is 65.9 Å². The maximum Gasteiger partial charge on any atom is 0.289 e. The SMILES string of the molecule is Cc1ccc(-c2cc(C(=O)N/N=C\c3c[nH]c4ccccc34)[nH]n2)cc1. The number of H-pyrrole nitrogens is 2. The summed E-state index contributed by atoms with van der Waals surface area (Å²) in [6.07, 6.45) is 3.47. The van der Waals surface area contributed by atoms with E-state index in [0.29, 0.717) is 5.69 Å². The molecule has 0 unspecified atom stereocenters. The van der Waals surface area contributed by atoms with Gasteiger partial charge in [0.25, 0.3) is 5.91 Å². The van der Waals surface area contributed by atoms with Gasteiger partial charge in [0.2, 0.25) is 0 Å². The van der Waals surface area contributed by atoms with Gasteiger partial charge in [-0.3, -0.25) is 9.89 Å². The summed E-state index contributed by atoms with van der Waals surface area (Å²) in [5, 5.41) is 12.0. The number of hydrogen-bond acceptors (Lipinski definition) is 3. The fourth-order valence-corrected chi connectivity index (χ4v) is 2.73. The van der Waals surface area contributed by atoms with Crippen molar-refractivity contribution in [1.29, 1.82) is 0 Å². The van der Waals surface area contributed by atoms with E-state index in [1.807, 2.05) is 61.7 Å². The van der Waals surface area contributed by atoms with Crippen LogP contribution in [-0.2, 0) is 0 Å². The van der Waals surface area contributed by atoms with E-state index in [1.54, 1.807) is 12.3 Å². The molecule has 6 heteroatoms. The molecule has 0 atom stereocenters. The number of carbonyl (C=O) groups is 1. The number of nitrogens with zero attached hydrogens (tertiary/aromatic N) is 2.